The van der Waals surface area contributed by atoms with E-state index in [4.69, 9.17) is 5.11 Å². The van der Waals surface area contributed by atoms with Crippen molar-refractivity contribution in [2.45, 2.75) is 18.9 Å². The van der Waals surface area contributed by atoms with Gasteiger partial charge in [-0.25, -0.2) is 4.79 Å². The molecule has 2 amide bonds. The molecule has 4 unspecified atom stereocenters. The second-order valence-corrected chi connectivity index (χ2v) is 5.68. The molecule has 0 spiro atoms. The van der Waals surface area contributed by atoms with E-state index in [0.29, 0.717) is 0 Å². The maximum Gasteiger partial charge on any atom is 0.329 e. The van der Waals surface area contributed by atoms with Crippen molar-refractivity contribution >= 4 is 23.8 Å². The minimum atomic E-state index is -1.38. The van der Waals surface area contributed by atoms with E-state index < -0.39 is 48.1 Å². The maximum absolute atomic E-state index is 12.5. The van der Waals surface area contributed by atoms with Crippen LogP contribution in [0.5, 0.6) is 0 Å². The predicted molar refractivity (Wildman–Crippen MR) is 67.6 cm³/mol. The minimum absolute atomic E-state index is 0.0181. The fourth-order valence-electron chi connectivity index (χ4n) is 3.81. The quantitative estimate of drug-likeness (QED) is 0.438. The standard InChI is InChI=1S/C14H15NO6/c1-21-14(20)8(5-9(16)17)15-12(18)10-6-2-3-7(4-6)11(10)13(15)19/h2-3,6-8,10-11H,4-5H2,1H3,(H,16,17)/t6?,7?,8-,10?,11?/m0/s1. The fraction of sp³-hybridized carbons (Fsp3) is 0.571. The smallest absolute Gasteiger partial charge is 0.329 e. The van der Waals surface area contributed by atoms with Crippen LogP contribution in [0.15, 0.2) is 12.2 Å². The highest BCUT2D eigenvalue weighted by atomic mass is 16.5. The molecule has 0 aromatic carbocycles. The van der Waals surface area contributed by atoms with Gasteiger partial charge in [0.25, 0.3) is 0 Å². The Morgan fingerprint density at radius 1 is 1.29 bits per heavy atom. The molecule has 1 aliphatic heterocycles. The number of nitrogens with zero attached hydrogens (tertiary/aromatic N) is 1. The number of carboxylic acid groups (broad SMARTS) is 1. The monoisotopic (exact) mass is 293 g/mol. The lowest BCUT2D eigenvalue weighted by Gasteiger charge is -2.24. The first-order valence-electron chi connectivity index (χ1n) is 6.80. The fourth-order valence-corrected chi connectivity index (χ4v) is 3.81. The Hall–Kier alpha value is -2.18. The molecule has 21 heavy (non-hydrogen) atoms. The molecule has 1 heterocycles. The lowest BCUT2D eigenvalue weighted by molar-refractivity contribution is -0.160. The van der Waals surface area contributed by atoms with Gasteiger partial charge in [0.05, 0.1) is 25.4 Å². The number of rotatable bonds is 4. The Kier molecular flexibility index (Phi) is 3.07. The second-order valence-electron chi connectivity index (χ2n) is 5.68. The molecule has 0 aromatic heterocycles. The number of likely N-dealkylation sites (tertiary alicyclic amines) is 1. The van der Waals surface area contributed by atoms with Gasteiger partial charge in [-0.05, 0) is 18.3 Å². The van der Waals surface area contributed by atoms with Crippen molar-refractivity contribution in [3.05, 3.63) is 12.2 Å². The van der Waals surface area contributed by atoms with Crippen molar-refractivity contribution in [3.8, 4) is 0 Å². The van der Waals surface area contributed by atoms with Crippen LogP contribution in [0.1, 0.15) is 12.8 Å². The number of carbonyl (C=O) groups is 4. The average Bonchev–Trinajstić information content (AvgIpc) is 3.10. The Balaban J connectivity index is 1.91. The van der Waals surface area contributed by atoms with E-state index >= 15 is 0 Å². The van der Waals surface area contributed by atoms with E-state index in [1.807, 2.05) is 12.2 Å². The van der Waals surface area contributed by atoms with Gasteiger partial charge in [0.1, 0.15) is 6.04 Å². The van der Waals surface area contributed by atoms with E-state index in [9.17, 15) is 19.2 Å². The van der Waals surface area contributed by atoms with Gasteiger partial charge in [0.15, 0.2) is 0 Å². The predicted octanol–water partition coefficient (Wildman–Crippen LogP) is -0.190. The third-order valence-corrected chi connectivity index (χ3v) is 4.66. The summed E-state index contributed by atoms with van der Waals surface area (Å²) in [6.45, 7) is 0. The third-order valence-electron chi connectivity index (χ3n) is 4.66. The molecular weight excluding hydrogens is 278 g/mol. The largest absolute Gasteiger partial charge is 0.481 e. The third kappa shape index (κ3) is 1.87. The molecule has 3 aliphatic rings. The molecule has 1 N–H and O–H groups in total. The van der Waals surface area contributed by atoms with Crippen LogP contribution in [-0.4, -0.2) is 46.9 Å². The molecule has 0 radical (unpaired) electrons. The zero-order valence-corrected chi connectivity index (χ0v) is 11.4. The van der Waals surface area contributed by atoms with Gasteiger partial charge in [-0.2, -0.15) is 0 Å². The highest BCUT2D eigenvalue weighted by Crippen LogP contribution is 2.52. The second kappa shape index (κ2) is 4.68. The Bertz CT molecular complexity index is 538. The van der Waals surface area contributed by atoms with Crippen molar-refractivity contribution in [3.63, 3.8) is 0 Å². The van der Waals surface area contributed by atoms with E-state index in [1.54, 1.807) is 0 Å². The van der Waals surface area contributed by atoms with E-state index in [2.05, 4.69) is 4.74 Å². The van der Waals surface area contributed by atoms with Crippen LogP contribution >= 0.6 is 0 Å². The van der Waals surface area contributed by atoms with Crippen molar-refractivity contribution < 1.29 is 29.0 Å². The average molecular weight is 293 g/mol. The number of hydrogen-bond acceptors (Lipinski definition) is 5. The number of aliphatic carboxylic acids is 1. The number of allylic oxidation sites excluding steroid dienone is 2. The molecule has 112 valence electrons. The summed E-state index contributed by atoms with van der Waals surface area (Å²) in [6.07, 6.45) is 4.02. The lowest BCUT2D eigenvalue weighted by Crippen LogP contribution is -2.47. The van der Waals surface area contributed by atoms with Crippen LogP contribution in [0.3, 0.4) is 0 Å². The number of amides is 2. The SMILES string of the molecule is COC(=O)[C@H](CC(=O)O)N1C(=O)C2C3C=CC(C3)C2C1=O. The summed E-state index contributed by atoms with van der Waals surface area (Å²) in [5.41, 5.74) is 0. The number of esters is 1. The Morgan fingerprint density at radius 2 is 1.81 bits per heavy atom. The van der Waals surface area contributed by atoms with Gasteiger partial charge < -0.3 is 9.84 Å². The van der Waals surface area contributed by atoms with Crippen LogP contribution in [0, 0.1) is 23.7 Å². The molecule has 7 nitrogen and oxygen atoms in total. The normalized spacial score (nSPS) is 34.2. The van der Waals surface area contributed by atoms with E-state index in [-0.39, 0.29) is 11.8 Å². The van der Waals surface area contributed by atoms with Crippen LogP contribution in [0.4, 0.5) is 0 Å². The lowest BCUT2D eigenvalue weighted by atomic mass is 9.85. The molecule has 7 heteroatoms. The minimum Gasteiger partial charge on any atom is -0.481 e. The first-order valence-corrected chi connectivity index (χ1v) is 6.80. The highest BCUT2D eigenvalue weighted by molar-refractivity contribution is 6.09. The number of ether oxygens (including phenoxy) is 1. The molecule has 2 fully saturated rings. The summed E-state index contributed by atoms with van der Waals surface area (Å²) in [5, 5.41) is 8.91. The molecule has 2 aliphatic carbocycles. The van der Waals surface area contributed by atoms with Gasteiger partial charge >= 0.3 is 11.9 Å². The summed E-state index contributed by atoms with van der Waals surface area (Å²) < 4.78 is 4.55. The van der Waals surface area contributed by atoms with Crippen molar-refractivity contribution in [1.82, 2.24) is 4.90 Å². The molecule has 3 rings (SSSR count). The van der Waals surface area contributed by atoms with E-state index in [0.717, 1.165) is 18.4 Å². The summed E-state index contributed by atoms with van der Waals surface area (Å²) >= 11 is 0. The number of imide groups is 1. The number of hydrogen-bond donors (Lipinski definition) is 1. The van der Waals surface area contributed by atoms with Crippen molar-refractivity contribution in [2.75, 3.05) is 7.11 Å². The molecule has 5 atom stereocenters. The number of carboxylic acids is 1. The summed E-state index contributed by atoms with van der Waals surface area (Å²) in [4.78, 5) is 48.5. The summed E-state index contributed by atoms with van der Waals surface area (Å²) in [7, 11) is 1.11. The van der Waals surface area contributed by atoms with Crippen LogP contribution in [-0.2, 0) is 23.9 Å². The topological polar surface area (TPSA) is 101 Å². The Labute approximate surface area is 120 Å². The number of carbonyl (C=O) groups excluding carboxylic acids is 3. The van der Waals surface area contributed by atoms with Crippen LogP contribution in [0.2, 0.25) is 0 Å². The molecule has 1 saturated carbocycles. The Morgan fingerprint density at radius 3 is 2.24 bits per heavy atom. The molecule has 2 bridgehead atoms. The van der Waals surface area contributed by atoms with Gasteiger partial charge in [-0.1, -0.05) is 12.2 Å². The molecule has 1 saturated heterocycles. The van der Waals surface area contributed by atoms with Gasteiger partial charge in [-0.3, -0.25) is 19.3 Å². The zero-order valence-electron chi connectivity index (χ0n) is 11.4. The summed E-state index contributed by atoms with van der Waals surface area (Å²) in [6, 6.07) is -1.38. The zero-order chi connectivity index (χ0) is 15.3. The van der Waals surface area contributed by atoms with E-state index in [1.165, 1.54) is 0 Å². The number of fused-ring (bicyclic) bond motifs is 5. The van der Waals surface area contributed by atoms with Crippen molar-refractivity contribution in [1.29, 1.82) is 0 Å². The highest BCUT2D eigenvalue weighted by Gasteiger charge is 2.61. The number of methoxy groups -OCH3 is 1. The van der Waals surface area contributed by atoms with Gasteiger partial charge in [-0.15, -0.1) is 0 Å². The molecular formula is C14H15NO6. The van der Waals surface area contributed by atoms with Crippen LogP contribution in [0.25, 0.3) is 0 Å². The van der Waals surface area contributed by atoms with Gasteiger partial charge in [0, 0.05) is 0 Å². The first kappa shape index (κ1) is 13.8. The maximum atomic E-state index is 12.5. The summed E-state index contributed by atoms with van der Waals surface area (Å²) in [5.74, 6) is -3.89. The van der Waals surface area contributed by atoms with Crippen molar-refractivity contribution in [2.24, 2.45) is 23.7 Å². The first-order chi connectivity index (χ1) is 9.95. The molecule has 0 aromatic rings. The van der Waals surface area contributed by atoms with Gasteiger partial charge in [0.2, 0.25) is 11.8 Å². The van der Waals surface area contributed by atoms with Crippen LogP contribution < -0.4 is 0 Å².